The number of amides is 1. The zero-order valence-corrected chi connectivity index (χ0v) is 11.0. The van der Waals surface area contributed by atoms with Crippen molar-refractivity contribution >= 4 is 22.9 Å². The number of hydrogen-bond acceptors (Lipinski definition) is 5. The largest absolute Gasteiger partial charge is 0.365 e. The van der Waals surface area contributed by atoms with Crippen LogP contribution in [0.15, 0.2) is 24.5 Å². The minimum atomic E-state index is 0.143. The Morgan fingerprint density at radius 2 is 2.05 bits per heavy atom. The highest BCUT2D eigenvalue weighted by molar-refractivity contribution is 5.81. The van der Waals surface area contributed by atoms with Crippen molar-refractivity contribution in [1.82, 2.24) is 19.9 Å². The standard InChI is InChI=1S/C14H15N5O/c20-13-7-9(8-19(13)10-1-2-10)17-12-4-3-11-14(18-12)16-6-5-15-11/h3-6,9-10H,1-2,7-8H2,(H,16,17,18). The van der Waals surface area contributed by atoms with Gasteiger partial charge in [0.2, 0.25) is 5.91 Å². The second kappa shape index (κ2) is 4.40. The molecule has 0 radical (unpaired) electrons. The van der Waals surface area contributed by atoms with Gasteiger partial charge in [-0.05, 0) is 25.0 Å². The Balaban J connectivity index is 1.51. The fourth-order valence-electron chi connectivity index (χ4n) is 2.71. The summed E-state index contributed by atoms with van der Waals surface area (Å²) in [6, 6.07) is 4.42. The molecule has 2 fully saturated rings. The summed E-state index contributed by atoms with van der Waals surface area (Å²) in [7, 11) is 0. The van der Waals surface area contributed by atoms with E-state index in [1.54, 1.807) is 12.4 Å². The van der Waals surface area contributed by atoms with Crippen LogP contribution in [0.1, 0.15) is 19.3 Å². The van der Waals surface area contributed by atoms with Crippen LogP contribution in [-0.4, -0.2) is 44.4 Å². The van der Waals surface area contributed by atoms with E-state index in [-0.39, 0.29) is 11.9 Å². The fourth-order valence-corrected chi connectivity index (χ4v) is 2.71. The Morgan fingerprint density at radius 3 is 2.90 bits per heavy atom. The zero-order chi connectivity index (χ0) is 13.5. The third-order valence-corrected chi connectivity index (χ3v) is 3.83. The predicted octanol–water partition coefficient (Wildman–Crippen LogP) is 1.20. The summed E-state index contributed by atoms with van der Waals surface area (Å²) in [5.41, 5.74) is 1.40. The normalized spacial score (nSPS) is 22.5. The van der Waals surface area contributed by atoms with Crippen molar-refractivity contribution in [1.29, 1.82) is 0 Å². The van der Waals surface area contributed by atoms with Crippen molar-refractivity contribution in [2.45, 2.75) is 31.3 Å². The molecule has 2 aromatic rings. The molecule has 0 aromatic carbocycles. The van der Waals surface area contributed by atoms with E-state index in [9.17, 15) is 4.79 Å². The lowest BCUT2D eigenvalue weighted by molar-refractivity contribution is -0.128. The highest BCUT2D eigenvalue weighted by Gasteiger charge is 2.39. The number of likely N-dealkylation sites (tertiary alicyclic amines) is 1. The summed E-state index contributed by atoms with van der Waals surface area (Å²) in [4.78, 5) is 26.7. The monoisotopic (exact) mass is 269 g/mol. The number of rotatable bonds is 3. The average molecular weight is 269 g/mol. The maximum absolute atomic E-state index is 11.9. The van der Waals surface area contributed by atoms with Gasteiger partial charge in [0, 0.05) is 31.4 Å². The molecular weight excluding hydrogens is 254 g/mol. The van der Waals surface area contributed by atoms with E-state index in [0.717, 1.165) is 30.7 Å². The van der Waals surface area contributed by atoms with Gasteiger partial charge in [0.05, 0.1) is 6.04 Å². The SMILES string of the molecule is O=C1CC(Nc2ccc3nccnc3n2)CN1C1CC1. The Kier molecular flexibility index (Phi) is 2.55. The van der Waals surface area contributed by atoms with Gasteiger partial charge < -0.3 is 10.2 Å². The molecule has 2 aliphatic rings. The first-order valence-corrected chi connectivity index (χ1v) is 6.93. The van der Waals surface area contributed by atoms with E-state index in [1.807, 2.05) is 17.0 Å². The minimum absolute atomic E-state index is 0.143. The summed E-state index contributed by atoms with van der Waals surface area (Å²) in [6.07, 6.45) is 6.15. The van der Waals surface area contributed by atoms with Gasteiger partial charge in [0.15, 0.2) is 5.65 Å². The average Bonchev–Trinajstić information content (AvgIpc) is 3.23. The summed E-state index contributed by atoms with van der Waals surface area (Å²) in [5, 5.41) is 3.33. The van der Waals surface area contributed by atoms with Crippen LogP contribution >= 0.6 is 0 Å². The second-order valence-electron chi connectivity index (χ2n) is 5.42. The Morgan fingerprint density at radius 1 is 1.20 bits per heavy atom. The van der Waals surface area contributed by atoms with Crippen LogP contribution in [0.4, 0.5) is 5.82 Å². The maximum Gasteiger partial charge on any atom is 0.225 e. The first kappa shape index (κ1) is 11.6. The van der Waals surface area contributed by atoms with Crippen LogP contribution < -0.4 is 5.32 Å². The van der Waals surface area contributed by atoms with Gasteiger partial charge in [-0.3, -0.25) is 9.78 Å². The van der Waals surface area contributed by atoms with E-state index in [0.29, 0.717) is 18.1 Å². The van der Waals surface area contributed by atoms with E-state index in [2.05, 4.69) is 20.3 Å². The van der Waals surface area contributed by atoms with Crippen molar-refractivity contribution in [3.8, 4) is 0 Å². The van der Waals surface area contributed by atoms with Gasteiger partial charge in [-0.2, -0.15) is 0 Å². The van der Waals surface area contributed by atoms with E-state index < -0.39 is 0 Å². The number of carbonyl (C=O) groups is 1. The molecule has 1 unspecified atom stereocenters. The smallest absolute Gasteiger partial charge is 0.225 e. The molecule has 1 saturated carbocycles. The summed E-state index contributed by atoms with van der Waals surface area (Å²) < 4.78 is 0. The number of nitrogens with zero attached hydrogens (tertiary/aromatic N) is 4. The predicted molar refractivity (Wildman–Crippen MR) is 74.1 cm³/mol. The highest BCUT2D eigenvalue weighted by Crippen LogP contribution is 2.31. The molecule has 0 spiro atoms. The van der Waals surface area contributed by atoms with Crippen LogP contribution in [0.2, 0.25) is 0 Å². The van der Waals surface area contributed by atoms with Crippen LogP contribution in [0, 0.1) is 0 Å². The minimum Gasteiger partial charge on any atom is -0.365 e. The molecule has 1 aliphatic carbocycles. The topological polar surface area (TPSA) is 71.0 Å². The van der Waals surface area contributed by atoms with Crippen LogP contribution in [-0.2, 0) is 4.79 Å². The molecule has 1 aliphatic heterocycles. The number of nitrogens with one attached hydrogen (secondary N) is 1. The maximum atomic E-state index is 11.9. The summed E-state index contributed by atoms with van der Waals surface area (Å²) >= 11 is 0. The molecule has 3 heterocycles. The molecule has 6 nitrogen and oxygen atoms in total. The third-order valence-electron chi connectivity index (χ3n) is 3.83. The van der Waals surface area contributed by atoms with Gasteiger partial charge in [-0.25, -0.2) is 9.97 Å². The molecule has 1 saturated heterocycles. The molecule has 0 bridgehead atoms. The lowest BCUT2D eigenvalue weighted by Gasteiger charge is -2.16. The van der Waals surface area contributed by atoms with Crippen molar-refractivity contribution in [3.05, 3.63) is 24.5 Å². The summed E-state index contributed by atoms with van der Waals surface area (Å²) in [6.45, 7) is 0.781. The van der Waals surface area contributed by atoms with Crippen molar-refractivity contribution in [2.75, 3.05) is 11.9 Å². The Labute approximate surface area is 116 Å². The molecule has 2 aromatic heterocycles. The van der Waals surface area contributed by atoms with Crippen molar-refractivity contribution < 1.29 is 4.79 Å². The molecule has 1 atom stereocenters. The third kappa shape index (κ3) is 2.07. The first-order valence-electron chi connectivity index (χ1n) is 6.93. The van der Waals surface area contributed by atoms with Crippen LogP contribution in [0.3, 0.4) is 0 Å². The molecular formula is C14H15N5O. The number of pyridine rings is 1. The summed E-state index contributed by atoms with van der Waals surface area (Å²) in [5.74, 6) is 1.01. The highest BCUT2D eigenvalue weighted by atomic mass is 16.2. The van der Waals surface area contributed by atoms with Crippen LogP contribution in [0.25, 0.3) is 11.2 Å². The van der Waals surface area contributed by atoms with Gasteiger partial charge in [-0.1, -0.05) is 0 Å². The number of aromatic nitrogens is 3. The number of anilines is 1. The zero-order valence-electron chi connectivity index (χ0n) is 11.0. The molecule has 1 amide bonds. The van der Waals surface area contributed by atoms with Gasteiger partial charge in [0.1, 0.15) is 11.3 Å². The van der Waals surface area contributed by atoms with Crippen molar-refractivity contribution in [3.63, 3.8) is 0 Å². The Hall–Kier alpha value is -2.24. The first-order chi connectivity index (χ1) is 9.79. The van der Waals surface area contributed by atoms with E-state index >= 15 is 0 Å². The Bertz CT molecular complexity index is 669. The number of fused-ring (bicyclic) bond motifs is 1. The van der Waals surface area contributed by atoms with Gasteiger partial charge in [0.25, 0.3) is 0 Å². The van der Waals surface area contributed by atoms with Crippen LogP contribution in [0.5, 0.6) is 0 Å². The second-order valence-corrected chi connectivity index (χ2v) is 5.42. The van der Waals surface area contributed by atoms with Gasteiger partial charge in [-0.15, -0.1) is 0 Å². The molecule has 4 rings (SSSR count). The van der Waals surface area contributed by atoms with E-state index in [1.165, 1.54) is 0 Å². The van der Waals surface area contributed by atoms with E-state index in [4.69, 9.17) is 0 Å². The molecule has 20 heavy (non-hydrogen) atoms. The number of carbonyl (C=O) groups excluding carboxylic acids is 1. The lowest BCUT2D eigenvalue weighted by Crippen LogP contribution is -2.29. The molecule has 1 N–H and O–H groups in total. The van der Waals surface area contributed by atoms with Crippen molar-refractivity contribution in [2.24, 2.45) is 0 Å². The molecule has 6 heteroatoms. The number of hydrogen-bond donors (Lipinski definition) is 1. The van der Waals surface area contributed by atoms with Gasteiger partial charge >= 0.3 is 0 Å². The quantitative estimate of drug-likeness (QED) is 0.906. The molecule has 102 valence electrons. The lowest BCUT2D eigenvalue weighted by atomic mass is 10.2. The fraction of sp³-hybridized carbons (Fsp3) is 0.429.